The fourth-order valence-electron chi connectivity index (χ4n) is 1.89. The van der Waals surface area contributed by atoms with E-state index in [4.69, 9.17) is 14.9 Å². The third kappa shape index (κ3) is 2.06. The first kappa shape index (κ1) is 10.7. The Kier molecular flexibility index (Phi) is 2.82. The van der Waals surface area contributed by atoms with Crippen LogP contribution in [-0.2, 0) is 0 Å². The normalized spacial score (nSPS) is 20.4. The van der Waals surface area contributed by atoms with Gasteiger partial charge in [0.05, 0.1) is 18.6 Å². The molecule has 0 radical (unpaired) electrons. The van der Waals surface area contributed by atoms with Crippen LogP contribution in [0.15, 0.2) is 52.2 Å². The lowest BCUT2D eigenvalue weighted by atomic mass is 10.1. The van der Waals surface area contributed by atoms with Gasteiger partial charge in [0.15, 0.2) is 0 Å². The van der Waals surface area contributed by atoms with Crippen molar-refractivity contribution < 1.29 is 9.15 Å². The highest BCUT2D eigenvalue weighted by Gasteiger charge is 2.27. The fourth-order valence-corrected chi connectivity index (χ4v) is 2.94. The second-order valence-corrected chi connectivity index (χ2v) is 5.06. The lowest BCUT2D eigenvalue weighted by Crippen LogP contribution is -2.35. The molecule has 1 aliphatic rings. The Labute approximate surface area is 104 Å². The second kappa shape index (κ2) is 4.47. The van der Waals surface area contributed by atoms with Gasteiger partial charge in [-0.05, 0) is 18.2 Å². The molecular weight excluding hydrogens is 234 g/mol. The maximum atomic E-state index is 6.17. The summed E-state index contributed by atoms with van der Waals surface area (Å²) in [5.74, 6) is 1.79. The summed E-state index contributed by atoms with van der Waals surface area (Å²) >= 11 is 1.79. The van der Waals surface area contributed by atoms with Crippen LogP contribution in [0.5, 0.6) is 5.75 Å². The molecule has 1 aromatic carbocycles. The number of ether oxygens (including phenoxy) is 1. The SMILES string of the molecule is NC(c1ccoc1)C1CSc2ccccc2O1. The van der Waals surface area contributed by atoms with E-state index >= 15 is 0 Å². The molecule has 2 atom stereocenters. The standard InChI is InChI=1S/C13H13NO2S/c14-13(9-5-6-15-7-9)11-8-17-12-4-2-1-3-10(12)16-11/h1-7,11,13H,8,14H2. The van der Waals surface area contributed by atoms with Crippen molar-refractivity contribution in [2.24, 2.45) is 5.73 Å². The van der Waals surface area contributed by atoms with Gasteiger partial charge >= 0.3 is 0 Å². The van der Waals surface area contributed by atoms with Crippen molar-refractivity contribution >= 4 is 11.8 Å². The Hall–Kier alpha value is -1.39. The predicted molar refractivity (Wildman–Crippen MR) is 67.2 cm³/mol. The monoisotopic (exact) mass is 247 g/mol. The first-order valence-corrected chi connectivity index (χ1v) is 6.49. The quantitative estimate of drug-likeness (QED) is 0.886. The van der Waals surface area contributed by atoms with Crippen LogP contribution in [0, 0.1) is 0 Å². The number of hydrogen-bond donors (Lipinski definition) is 1. The van der Waals surface area contributed by atoms with Crippen LogP contribution in [0.1, 0.15) is 11.6 Å². The number of thioether (sulfide) groups is 1. The van der Waals surface area contributed by atoms with Crippen LogP contribution in [0.25, 0.3) is 0 Å². The lowest BCUT2D eigenvalue weighted by molar-refractivity contribution is 0.185. The van der Waals surface area contributed by atoms with Gasteiger partial charge in [-0.2, -0.15) is 0 Å². The summed E-state index contributed by atoms with van der Waals surface area (Å²) in [6.07, 6.45) is 3.31. The zero-order valence-corrected chi connectivity index (χ0v) is 10.0. The van der Waals surface area contributed by atoms with Crippen LogP contribution in [0.3, 0.4) is 0 Å². The predicted octanol–water partition coefficient (Wildman–Crippen LogP) is 2.83. The van der Waals surface area contributed by atoms with E-state index in [-0.39, 0.29) is 12.1 Å². The van der Waals surface area contributed by atoms with Crippen LogP contribution < -0.4 is 10.5 Å². The molecule has 3 nitrogen and oxygen atoms in total. The van der Waals surface area contributed by atoms with Crippen molar-refractivity contribution in [2.45, 2.75) is 17.0 Å². The van der Waals surface area contributed by atoms with E-state index in [2.05, 4.69) is 6.07 Å². The molecule has 2 unspecified atom stereocenters. The number of para-hydroxylation sites is 1. The summed E-state index contributed by atoms with van der Waals surface area (Å²) in [5, 5.41) is 0. The summed E-state index contributed by atoms with van der Waals surface area (Å²) in [5.41, 5.74) is 7.15. The van der Waals surface area contributed by atoms with Crippen molar-refractivity contribution in [1.82, 2.24) is 0 Å². The molecule has 4 heteroatoms. The number of fused-ring (bicyclic) bond motifs is 1. The van der Waals surface area contributed by atoms with Crippen molar-refractivity contribution in [3.8, 4) is 5.75 Å². The molecule has 2 aromatic rings. The highest BCUT2D eigenvalue weighted by atomic mass is 32.2. The molecule has 1 aromatic heterocycles. The molecule has 0 saturated carbocycles. The van der Waals surface area contributed by atoms with Gasteiger partial charge in [0, 0.05) is 16.2 Å². The summed E-state index contributed by atoms with van der Waals surface area (Å²) in [6.45, 7) is 0. The van der Waals surface area contributed by atoms with Gasteiger partial charge in [-0.3, -0.25) is 0 Å². The molecule has 2 N–H and O–H groups in total. The van der Waals surface area contributed by atoms with E-state index in [1.807, 2.05) is 24.3 Å². The number of benzene rings is 1. The molecular formula is C13H13NO2S. The van der Waals surface area contributed by atoms with Gasteiger partial charge < -0.3 is 14.9 Å². The van der Waals surface area contributed by atoms with Crippen molar-refractivity contribution in [3.63, 3.8) is 0 Å². The second-order valence-electron chi connectivity index (χ2n) is 4.00. The van der Waals surface area contributed by atoms with Gasteiger partial charge in [0.25, 0.3) is 0 Å². The van der Waals surface area contributed by atoms with Crippen molar-refractivity contribution in [2.75, 3.05) is 5.75 Å². The summed E-state index contributed by atoms with van der Waals surface area (Å²) in [7, 11) is 0. The van der Waals surface area contributed by atoms with Crippen molar-refractivity contribution in [3.05, 3.63) is 48.4 Å². The Bertz CT molecular complexity index is 498. The number of hydrogen-bond acceptors (Lipinski definition) is 4. The van der Waals surface area contributed by atoms with Crippen LogP contribution in [-0.4, -0.2) is 11.9 Å². The van der Waals surface area contributed by atoms with E-state index in [0.717, 1.165) is 17.1 Å². The molecule has 0 spiro atoms. The molecule has 1 aliphatic heterocycles. The average Bonchev–Trinajstić information content (AvgIpc) is 2.91. The minimum atomic E-state index is -0.144. The third-order valence-corrected chi connectivity index (χ3v) is 4.00. The molecule has 88 valence electrons. The van der Waals surface area contributed by atoms with E-state index < -0.39 is 0 Å². The zero-order valence-electron chi connectivity index (χ0n) is 9.21. The topological polar surface area (TPSA) is 48.4 Å². The number of rotatable bonds is 2. The minimum absolute atomic E-state index is 0.00694. The van der Waals surface area contributed by atoms with E-state index in [9.17, 15) is 0 Å². The Morgan fingerprint density at radius 3 is 3.00 bits per heavy atom. The maximum Gasteiger partial charge on any atom is 0.133 e. The van der Waals surface area contributed by atoms with Gasteiger partial charge in [-0.25, -0.2) is 0 Å². The number of furan rings is 1. The van der Waals surface area contributed by atoms with Gasteiger partial charge in [-0.1, -0.05) is 12.1 Å². The first-order valence-electron chi connectivity index (χ1n) is 5.51. The Morgan fingerprint density at radius 2 is 2.18 bits per heavy atom. The third-order valence-electron chi connectivity index (χ3n) is 2.86. The van der Waals surface area contributed by atoms with Crippen LogP contribution >= 0.6 is 11.8 Å². The number of nitrogens with two attached hydrogens (primary N) is 1. The van der Waals surface area contributed by atoms with Crippen LogP contribution in [0.2, 0.25) is 0 Å². The Balaban J connectivity index is 1.80. The maximum absolute atomic E-state index is 6.17. The smallest absolute Gasteiger partial charge is 0.133 e. The largest absolute Gasteiger partial charge is 0.486 e. The van der Waals surface area contributed by atoms with E-state index in [1.165, 1.54) is 4.90 Å². The van der Waals surface area contributed by atoms with E-state index in [1.54, 1.807) is 24.3 Å². The first-order chi connectivity index (χ1) is 8.34. The fraction of sp³-hybridized carbons (Fsp3) is 0.231. The van der Waals surface area contributed by atoms with Gasteiger partial charge in [0.1, 0.15) is 11.9 Å². The molecule has 0 saturated heterocycles. The van der Waals surface area contributed by atoms with Gasteiger partial charge in [-0.15, -0.1) is 11.8 Å². The minimum Gasteiger partial charge on any atom is -0.486 e. The average molecular weight is 247 g/mol. The zero-order chi connectivity index (χ0) is 11.7. The molecule has 17 heavy (non-hydrogen) atoms. The van der Waals surface area contributed by atoms with Gasteiger partial charge in [0.2, 0.25) is 0 Å². The van der Waals surface area contributed by atoms with Crippen molar-refractivity contribution in [1.29, 1.82) is 0 Å². The Morgan fingerprint density at radius 1 is 1.29 bits per heavy atom. The molecule has 0 aliphatic carbocycles. The molecule has 3 rings (SSSR count). The summed E-state index contributed by atoms with van der Waals surface area (Å²) < 4.78 is 11.0. The molecule has 0 fully saturated rings. The molecule has 0 amide bonds. The molecule has 0 bridgehead atoms. The summed E-state index contributed by atoms with van der Waals surface area (Å²) in [4.78, 5) is 1.18. The highest BCUT2D eigenvalue weighted by Crippen LogP contribution is 2.37. The highest BCUT2D eigenvalue weighted by molar-refractivity contribution is 7.99. The van der Waals surface area contributed by atoms with Crippen LogP contribution in [0.4, 0.5) is 0 Å². The van der Waals surface area contributed by atoms with E-state index in [0.29, 0.717) is 0 Å². The summed E-state index contributed by atoms with van der Waals surface area (Å²) in [6, 6.07) is 9.79. The molecule has 2 heterocycles. The lowest BCUT2D eigenvalue weighted by Gasteiger charge is -2.29.